The van der Waals surface area contributed by atoms with Crippen LogP contribution in [0, 0.1) is 5.92 Å². The Kier molecular flexibility index (Phi) is 3.81. The average molecular weight is 236 g/mol. The van der Waals surface area contributed by atoms with E-state index < -0.39 is 0 Å². The van der Waals surface area contributed by atoms with Crippen LogP contribution < -0.4 is 5.32 Å². The van der Waals surface area contributed by atoms with Crippen LogP contribution in [0.5, 0.6) is 0 Å². The van der Waals surface area contributed by atoms with Gasteiger partial charge in [-0.3, -0.25) is 0 Å². The molecule has 0 aromatic carbocycles. The van der Waals surface area contributed by atoms with Crippen molar-refractivity contribution in [2.24, 2.45) is 5.92 Å². The molecule has 0 atom stereocenters. The number of anilines is 1. The van der Waals surface area contributed by atoms with Crippen molar-refractivity contribution < 1.29 is 4.74 Å². The van der Waals surface area contributed by atoms with Crippen LogP contribution >= 0.6 is 0 Å². The zero-order valence-corrected chi connectivity index (χ0v) is 10.00. The first kappa shape index (κ1) is 11.7. The van der Waals surface area contributed by atoms with Crippen LogP contribution in [0.1, 0.15) is 13.8 Å². The molecule has 7 nitrogen and oxygen atoms in total. The molecule has 7 heteroatoms. The third-order valence-corrected chi connectivity index (χ3v) is 2.07. The molecule has 0 spiro atoms. The Labute approximate surface area is 99.2 Å². The van der Waals surface area contributed by atoms with Crippen molar-refractivity contribution in [1.29, 1.82) is 0 Å². The standard InChI is InChI=1S/C10H16N6O/c1-8(2)7-17-6-5-11-9-3-4-10-12-14-15-16(10)13-9/h3-4,8H,5-7H2,1-2H3,(H,11,13). The maximum atomic E-state index is 5.45. The van der Waals surface area contributed by atoms with E-state index in [4.69, 9.17) is 4.74 Å². The Bertz CT molecular complexity index is 469. The van der Waals surface area contributed by atoms with E-state index in [0.717, 1.165) is 12.4 Å². The van der Waals surface area contributed by atoms with Crippen molar-refractivity contribution in [2.75, 3.05) is 25.1 Å². The van der Waals surface area contributed by atoms with Crippen molar-refractivity contribution in [3.63, 3.8) is 0 Å². The molecule has 0 saturated carbocycles. The summed E-state index contributed by atoms with van der Waals surface area (Å²) in [6, 6.07) is 3.65. The number of nitrogens with one attached hydrogen (secondary N) is 1. The Balaban J connectivity index is 1.78. The van der Waals surface area contributed by atoms with Crippen molar-refractivity contribution in [2.45, 2.75) is 13.8 Å². The van der Waals surface area contributed by atoms with Crippen molar-refractivity contribution >= 4 is 11.5 Å². The van der Waals surface area contributed by atoms with Gasteiger partial charge in [-0.15, -0.1) is 14.8 Å². The van der Waals surface area contributed by atoms with E-state index >= 15 is 0 Å². The van der Waals surface area contributed by atoms with Crippen LogP contribution in [0.3, 0.4) is 0 Å². The normalized spacial score (nSPS) is 11.2. The SMILES string of the molecule is CC(C)COCCNc1ccc2nnnn2n1. The number of fused-ring (bicyclic) bond motifs is 1. The summed E-state index contributed by atoms with van der Waals surface area (Å²) < 4.78 is 6.84. The molecule has 0 saturated heterocycles. The second-order valence-electron chi connectivity index (χ2n) is 4.14. The molecule has 0 unspecified atom stereocenters. The van der Waals surface area contributed by atoms with Crippen molar-refractivity contribution in [1.82, 2.24) is 25.3 Å². The van der Waals surface area contributed by atoms with Gasteiger partial charge in [-0.25, -0.2) is 0 Å². The Morgan fingerprint density at radius 1 is 1.41 bits per heavy atom. The van der Waals surface area contributed by atoms with Crippen LogP contribution in [0.15, 0.2) is 12.1 Å². The van der Waals surface area contributed by atoms with Gasteiger partial charge in [0.2, 0.25) is 0 Å². The highest BCUT2D eigenvalue weighted by Gasteiger charge is 2.00. The summed E-state index contributed by atoms with van der Waals surface area (Å²) in [6.45, 7) is 6.41. The van der Waals surface area contributed by atoms with Crippen molar-refractivity contribution in [3.8, 4) is 0 Å². The molecular weight excluding hydrogens is 220 g/mol. The van der Waals surface area contributed by atoms with Crippen LogP contribution in [-0.4, -0.2) is 45.0 Å². The van der Waals surface area contributed by atoms with Crippen molar-refractivity contribution in [3.05, 3.63) is 12.1 Å². The summed E-state index contributed by atoms with van der Waals surface area (Å²) in [7, 11) is 0. The first-order chi connectivity index (χ1) is 8.25. The number of aromatic nitrogens is 5. The maximum Gasteiger partial charge on any atom is 0.200 e. The summed E-state index contributed by atoms with van der Waals surface area (Å²) in [5.41, 5.74) is 0.631. The topological polar surface area (TPSA) is 77.2 Å². The molecular formula is C10H16N6O. The molecule has 0 aliphatic carbocycles. The van der Waals surface area contributed by atoms with E-state index in [2.05, 4.69) is 39.8 Å². The highest BCUT2D eigenvalue weighted by molar-refractivity contribution is 5.41. The number of ether oxygens (including phenoxy) is 1. The Hall–Kier alpha value is -1.76. The van der Waals surface area contributed by atoms with Gasteiger partial charge in [0.15, 0.2) is 5.65 Å². The monoisotopic (exact) mass is 236 g/mol. The van der Waals surface area contributed by atoms with Gasteiger partial charge in [-0.05, 0) is 28.5 Å². The third-order valence-electron chi connectivity index (χ3n) is 2.07. The average Bonchev–Trinajstić information content (AvgIpc) is 2.75. The highest BCUT2D eigenvalue weighted by atomic mass is 16.5. The summed E-state index contributed by atoms with van der Waals surface area (Å²) in [5, 5.41) is 18.3. The van der Waals surface area contributed by atoms with E-state index in [9.17, 15) is 0 Å². The number of tetrazole rings is 1. The largest absolute Gasteiger partial charge is 0.379 e. The van der Waals surface area contributed by atoms with Gasteiger partial charge in [0.05, 0.1) is 6.61 Å². The Morgan fingerprint density at radius 2 is 2.29 bits per heavy atom. The van der Waals surface area contributed by atoms with E-state index in [-0.39, 0.29) is 0 Å². The van der Waals surface area contributed by atoms with Gasteiger partial charge in [-0.2, -0.15) is 0 Å². The van der Waals surface area contributed by atoms with Crippen LogP contribution in [0.4, 0.5) is 5.82 Å². The fraction of sp³-hybridized carbons (Fsp3) is 0.600. The summed E-state index contributed by atoms with van der Waals surface area (Å²) in [5.74, 6) is 1.30. The lowest BCUT2D eigenvalue weighted by atomic mass is 10.2. The maximum absolute atomic E-state index is 5.45. The van der Waals surface area contributed by atoms with E-state index in [1.807, 2.05) is 12.1 Å². The molecule has 2 aromatic heterocycles. The van der Waals surface area contributed by atoms with E-state index in [0.29, 0.717) is 24.7 Å². The number of nitrogens with zero attached hydrogens (tertiary/aromatic N) is 5. The molecule has 0 radical (unpaired) electrons. The van der Waals surface area contributed by atoms with Gasteiger partial charge in [-0.1, -0.05) is 13.8 Å². The minimum atomic E-state index is 0.561. The predicted octanol–water partition coefficient (Wildman–Crippen LogP) is 0.604. The van der Waals surface area contributed by atoms with Gasteiger partial charge < -0.3 is 10.1 Å². The zero-order valence-electron chi connectivity index (χ0n) is 10.00. The number of hydrogen-bond acceptors (Lipinski definition) is 6. The second kappa shape index (κ2) is 5.53. The lowest BCUT2D eigenvalue weighted by Gasteiger charge is -2.07. The van der Waals surface area contributed by atoms with Gasteiger partial charge in [0, 0.05) is 13.2 Å². The van der Waals surface area contributed by atoms with Gasteiger partial charge >= 0.3 is 0 Å². The molecule has 2 rings (SSSR count). The minimum Gasteiger partial charge on any atom is -0.379 e. The van der Waals surface area contributed by atoms with E-state index in [1.165, 1.54) is 4.63 Å². The fourth-order valence-corrected chi connectivity index (χ4v) is 1.31. The van der Waals surface area contributed by atoms with Crippen LogP contribution in [0.2, 0.25) is 0 Å². The summed E-state index contributed by atoms with van der Waals surface area (Å²) >= 11 is 0. The molecule has 0 aliphatic rings. The Morgan fingerprint density at radius 3 is 3.12 bits per heavy atom. The summed E-state index contributed by atoms with van der Waals surface area (Å²) in [4.78, 5) is 0. The fourth-order valence-electron chi connectivity index (χ4n) is 1.31. The van der Waals surface area contributed by atoms with Crippen LogP contribution in [0.25, 0.3) is 5.65 Å². The number of hydrogen-bond donors (Lipinski definition) is 1. The summed E-state index contributed by atoms with van der Waals surface area (Å²) in [6.07, 6.45) is 0. The van der Waals surface area contributed by atoms with Gasteiger partial charge in [0.1, 0.15) is 5.82 Å². The number of rotatable bonds is 6. The zero-order chi connectivity index (χ0) is 12.1. The van der Waals surface area contributed by atoms with Crippen LogP contribution in [-0.2, 0) is 4.74 Å². The lowest BCUT2D eigenvalue weighted by Crippen LogP contribution is -2.13. The highest BCUT2D eigenvalue weighted by Crippen LogP contribution is 2.02. The quantitative estimate of drug-likeness (QED) is 0.740. The molecule has 0 fully saturated rings. The molecule has 0 aliphatic heterocycles. The molecule has 17 heavy (non-hydrogen) atoms. The molecule has 2 heterocycles. The first-order valence-electron chi connectivity index (χ1n) is 5.63. The first-order valence-corrected chi connectivity index (χ1v) is 5.63. The lowest BCUT2D eigenvalue weighted by molar-refractivity contribution is 0.118. The predicted molar refractivity (Wildman–Crippen MR) is 62.7 cm³/mol. The van der Waals surface area contributed by atoms with Gasteiger partial charge in [0.25, 0.3) is 0 Å². The molecule has 0 bridgehead atoms. The molecule has 1 N–H and O–H groups in total. The molecule has 0 amide bonds. The smallest absolute Gasteiger partial charge is 0.200 e. The molecule has 2 aromatic rings. The third kappa shape index (κ3) is 3.35. The second-order valence-corrected chi connectivity index (χ2v) is 4.14. The molecule has 92 valence electrons. The van der Waals surface area contributed by atoms with E-state index in [1.54, 1.807) is 0 Å². The minimum absolute atomic E-state index is 0.561.